The molecular weight excluding hydrogens is 246 g/mol. The summed E-state index contributed by atoms with van der Waals surface area (Å²) in [5.74, 6) is -1.36. The number of rotatable bonds is 4. The van der Waals surface area contributed by atoms with Gasteiger partial charge in [0.1, 0.15) is 0 Å². The molecule has 0 atom stereocenters. The molecule has 1 aliphatic rings. The summed E-state index contributed by atoms with van der Waals surface area (Å²) in [6, 6.07) is 0. The van der Waals surface area contributed by atoms with Gasteiger partial charge < -0.3 is 4.74 Å². The van der Waals surface area contributed by atoms with Crippen LogP contribution < -0.4 is 0 Å². The molecule has 1 N–H and O–H groups in total. The molecule has 0 aromatic carbocycles. The molecule has 0 aliphatic carbocycles. The first-order valence-corrected chi connectivity index (χ1v) is 7.54. The summed E-state index contributed by atoms with van der Waals surface area (Å²) < 4.78 is 58.5. The molecule has 1 fully saturated rings. The van der Waals surface area contributed by atoms with Gasteiger partial charge >= 0.3 is 0 Å². The van der Waals surface area contributed by atoms with Crippen molar-refractivity contribution in [2.45, 2.75) is 0 Å². The van der Waals surface area contributed by atoms with Crippen molar-refractivity contribution < 1.29 is 26.1 Å². The zero-order valence-electron chi connectivity index (χ0n) is 7.99. The Labute approximate surface area is 88.8 Å². The summed E-state index contributed by atoms with van der Waals surface area (Å²) in [6.45, 7) is 1.08. The van der Waals surface area contributed by atoms with Crippen molar-refractivity contribution in [1.82, 2.24) is 4.31 Å². The Morgan fingerprint density at radius 1 is 1.07 bits per heavy atom. The molecule has 90 valence electrons. The minimum absolute atomic E-state index is 0.230. The Kier molecular flexibility index (Phi) is 4.06. The Hall–Kier alpha value is -0.220. The van der Waals surface area contributed by atoms with Gasteiger partial charge in [-0.05, 0) is 0 Å². The van der Waals surface area contributed by atoms with Gasteiger partial charge in [0.2, 0.25) is 10.0 Å². The molecule has 0 radical (unpaired) electrons. The van der Waals surface area contributed by atoms with E-state index >= 15 is 0 Å². The normalized spacial score (nSPS) is 20.3. The average molecular weight is 259 g/mol. The topological polar surface area (TPSA) is 101 Å². The standard InChI is InChI=1S/C6H13NO6S2/c8-14(9,5-6-15(10,11)12)7-1-3-13-4-2-7/h1-6H2,(H,10,11,12). The van der Waals surface area contributed by atoms with E-state index in [9.17, 15) is 16.8 Å². The minimum Gasteiger partial charge on any atom is -0.379 e. The van der Waals surface area contributed by atoms with Crippen LogP contribution in [0.1, 0.15) is 0 Å². The van der Waals surface area contributed by atoms with Crippen molar-refractivity contribution in [3.05, 3.63) is 0 Å². The molecular formula is C6H13NO6S2. The van der Waals surface area contributed by atoms with Crippen molar-refractivity contribution in [3.8, 4) is 0 Å². The maximum Gasteiger partial charge on any atom is 0.265 e. The van der Waals surface area contributed by atoms with Gasteiger partial charge in [0.25, 0.3) is 10.1 Å². The van der Waals surface area contributed by atoms with E-state index in [2.05, 4.69) is 0 Å². The van der Waals surface area contributed by atoms with Crippen LogP contribution in [0.5, 0.6) is 0 Å². The van der Waals surface area contributed by atoms with Crippen LogP contribution in [0, 0.1) is 0 Å². The second-order valence-electron chi connectivity index (χ2n) is 3.11. The lowest BCUT2D eigenvalue weighted by atomic mass is 10.5. The van der Waals surface area contributed by atoms with Crippen LogP contribution in [0.2, 0.25) is 0 Å². The molecule has 0 aromatic heterocycles. The number of morpholine rings is 1. The van der Waals surface area contributed by atoms with Gasteiger partial charge in [-0.25, -0.2) is 8.42 Å². The predicted octanol–water partition coefficient (Wildman–Crippen LogP) is -1.46. The van der Waals surface area contributed by atoms with Crippen molar-refractivity contribution in [3.63, 3.8) is 0 Å². The summed E-state index contributed by atoms with van der Waals surface area (Å²) in [5.41, 5.74) is 0. The van der Waals surface area contributed by atoms with E-state index in [1.54, 1.807) is 0 Å². The highest BCUT2D eigenvalue weighted by molar-refractivity contribution is 7.91. The summed E-state index contributed by atoms with van der Waals surface area (Å²) in [4.78, 5) is 0. The predicted molar refractivity (Wildman–Crippen MR) is 52.6 cm³/mol. The van der Waals surface area contributed by atoms with Gasteiger partial charge in [-0.2, -0.15) is 12.7 Å². The summed E-state index contributed by atoms with van der Waals surface area (Å²) in [5, 5.41) is 0. The van der Waals surface area contributed by atoms with Crippen LogP contribution in [-0.2, 0) is 24.9 Å². The average Bonchev–Trinajstić information content (AvgIpc) is 2.16. The maximum atomic E-state index is 11.5. The van der Waals surface area contributed by atoms with E-state index in [0.29, 0.717) is 13.2 Å². The van der Waals surface area contributed by atoms with Gasteiger partial charge in [-0.1, -0.05) is 0 Å². The molecule has 1 rings (SSSR count). The highest BCUT2D eigenvalue weighted by Gasteiger charge is 2.25. The number of nitrogens with zero attached hydrogens (tertiary/aromatic N) is 1. The fourth-order valence-corrected chi connectivity index (χ4v) is 3.81. The molecule has 7 nitrogen and oxygen atoms in total. The largest absolute Gasteiger partial charge is 0.379 e. The summed E-state index contributed by atoms with van der Waals surface area (Å²) >= 11 is 0. The summed E-state index contributed by atoms with van der Waals surface area (Å²) in [6.07, 6.45) is 0. The van der Waals surface area contributed by atoms with Crippen LogP contribution in [0.3, 0.4) is 0 Å². The number of sulfonamides is 1. The Balaban J connectivity index is 2.58. The molecule has 0 amide bonds. The molecule has 0 saturated carbocycles. The monoisotopic (exact) mass is 259 g/mol. The molecule has 0 aromatic rings. The van der Waals surface area contributed by atoms with E-state index < -0.39 is 31.6 Å². The van der Waals surface area contributed by atoms with Crippen molar-refractivity contribution >= 4 is 20.1 Å². The van der Waals surface area contributed by atoms with Gasteiger partial charge in [-0.15, -0.1) is 0 Å². The first-order chi connectivity index (χ1) is 6.81. The third kappa shape index (κ3) is 4.43. The van der Waals surface area contributed by atoms with E-state index in [-0.39, 0.29) is 13.1 Å². The van der Waals surface area contributed by atoms with E-state index in [4.69, 9.17) is 9.29 Å². The van der Waals surface area contributed by atoms with Crippen LogP contribution in [0.15, 0.2) is 0 Å². The van der Waals surface area contributed by atoms with Crippen LogP contribution in [-0.4, -0.2) is 63.5 Å². The lowest BCUT2D eigenvalue weighted by molar-refractivity contribution is 0.0731. The highest BCUT2D eigenvalue weighted by Crippen LogP contribution is 2.06. The van der Waals surface area contributed by atoms with Crippen LogP contribution in [0.25, 0.3) is 0 Å². The van der Waals surface area contributed by atoms with Gasteiger partial charge in [-0.3, -0.25) is 4.55 Å². The van der Waals surface area contributed by atoms with Gasteiger partial charge in [0.15, 0.2) is 0 Å². The third-order valence-electron chi connectivity index (χ3n) is 1.96. The quantitative estimate of drug-likeness (QED) is 0.619. The molecule has 0 spiro atoms. The maximum absolute atomic E-state index is 11.5. The van der Waals surface area contributed by atoms with Crippen LogP contribution >= 0.6 is 0 Å². The first-order valence-electron chi connectivity index (χ1n) is 4.32. The zero-order valence-corrected chi connectivity index (χ0v) is 9.63. The molecule has 0 bridgehead atoms. The first kappa shape index (κ1) is 12.8. The second kappa shape index (κ2) is 4.74. The fraction of sp³-hybridized carbons (Fsp3) is 1.00. The number of hydrogen-bond acceptors (Lipinski definition) is 5. The number of hydrogen-bond donors (Lipinski definition) is 1. The van der Waals surface area contributed by atoms with Gasteiger partial charge in [0, 0.05) is 13.1 Å². The molecule has 1 heterocycles. The van der Waals surface area contributed by atoms with Crippen molar-refractivity contribution in [2.24, 2.45) is 0 Å². The lowest BCUT2D eigenvalue weighted by Gasteiger charge is -2.25. The zero-order chi connectivity index (χ0) is 11.5. The van der Waals surface area contributed by atoms with Crippen LogP contribution in [0.4, 0.5) is 0 Å². The van der Waals surface area contributed by atoms with E-state index in [0.717, 1.165) is 0 Å². The minimum atomic E-state index is -4.23. The van der Waals surface area contributed by atoms with E-state index in [1.807, 2.05) is 0 Å². The number of ether oxygens (including phenoxy) is 1. The third-order valence-corrected chi connectivity index (χ3v) is 4.81. The molecule has 0 unspecified atom stereocenters. The molecule has 15 heavy (non-hydrogen) atoms. The van der Waals surface area contributed by atoms with Crippen molar-refractivity contribution in [2.75, 3.05) is 37.8 Å². The molecule has 1 saturated heterocycles. The second-order valence-corrected chi connectivity index (χ2v) is 6.77. The van der Waals surface area contributed by atoms with Crippen molar-refractivity contribution in [1.29, 1.82) is 0 Å². The summed E-state index contributed by atoms with van der Waals surface area (Å²) in [7, 11) is -7.84. The fourth-order valence-electron chi connectivity index (χ4n) is 1.16. The molecule has 9 heteroatoms. The molecule has 1 aliphatic heterocycles. The Morgan fingerprint density at radius 2 is 1.60 bits per heavy atom. The van der Waals surface area contributed by atoms with E-state index in [1.165, 1.54) is 4.31 Å². The smallest absolute Gasteiger partial charge is 0.265 e. The SMILES string of the molecule is O=S(=O)(O)CCS(=O)(=O)N1CCOCC1. The Bertz CT molecular complexity index is 393. The van der Waals surface area contributed by atoms with Gasteiger partial charge in [0.05, 0.1) is 24.7 Å². The highest BCUT2D eigenvalue weighted by atomic mass is 32.2. The Morgan fingerprint density at radius 3 is 2.07 bits per heavy atom. The lowest BCUT2D eigenvalue weighted by Crippen LogP contribution is -2.42.